The third-order valence-corrected chi connectivity index (χ3v) is 8.98. The van der Waals surface area contributed by atoms with Gasteiger partial charge in [0.1, 0.15) is 16.4 Å². The number of rotatable bonds is 5. The van der Waals surface area contributed by atoms with Crippen LogP contribution in [0.25, 0.3) is 16.9 Å². The predicted molar refractivity (Wildman–Crippen MR) is 119 cm³/mol. The predicted octanol–water partition coefficient (Wildman–Crippen LogP) is 2.48. The molecule has 0 spiro atoms. The number of aryl methyl sites for hydroxylation is 1. The number of anilines is 1. The summed E-state index contributed by atoms with van der Waals surface area (Å²) >= 11 is 1.32. The molecule has 0 amide bonds. The zero-order valence-corrected chi connectivity index (χ0v) is 18.9. The molecular weight excluding hydrogens is 453 g/mol. The normalized spacial score (nSPS) is 15.5. The summed E-state index contributed by atoms with van der Waals surface area (Å²) in [7, 11) is -3.51. The number of halogens is 1. The van der Waals surface area contributed by atoms with E-state index >= 15 is 0 Å². The van der Waals surface area contributed by atoms with Gasteiger partial charge in [0.15, 0.2) is 17.0 Å². The minimum Gasteiger partial charge on any atom is -0.352 e. The first-order valence-corrected chi connectivity index (χ1v) is 12.4. The summed E-state index contributed by atoms with van der Waals surface area (Å²) in [6.45, 7) is 3.61. The number of nitrogens with zero attached hydrogens (tertiary/aromatic N) is 7. The second-order valence-electron chi connectivity index (χ2n) is 7.32. The van der Waals surface area contributed by atoms with Gasteiger partial charge in [0.05, 0.1) is 5.69 Å². The lowest BCUT2D eigenvalue weighted by atomic mass is 10.3. The number of sulfonamides is 1. The van der Waals surface area contributed by atoms with Gasteiger partial charge in [-0.1, -0.05) is 18.2 Å². The number of thiophene rings is 1. The van der Waals surface area contributed by atoms with Crippen LogP contribution in [0.4, 0.5) is 10.2 Å². The molecule has 1 fully saturated rings. The molecule has 1 aliphatic rings. The molecule has 0 saturated carbocycles. The van der Waals surface area contributed by atoms with Crippen molar-refractivity contribution in [1.82, 2.24) is 29.3 Å². The first-order valence-electron chi connectivity index (χ1n) is 10.1. The van der Waals surface area contributed by atoms with Gasteiger partial charge in [0.25, 0.3) is 10.0 Å². The fourth-order valence-corrected chi connectivity index (χ4v) is 6.58. The average molecular weight is 474 g/mol. The van der Waals surface area contributed by atoms with Gasteiger partial charge >= 0.3 is 0 Å². The molecule has 0 aliphatic carbocycles. The van der Waals surface area contributed by atoms with Crippen LogP contribution in [0.5, 0.6) is 0 Å². The molecule has 0 bridgehead atoms. The van der Waals surface area contributed by atoms with Crippen molar-refractivity contribution in [3.8, 4) is 5.69 Å². The third-order valence-electron chi connectivity index (χ3n) is 5.39. The molecule has 9 nitrogen and oxygen atoms in total. The second kappa shape index (κ2) is 8.19. The molecule has 4 heterocycles. The minimum absolute atomic E-state index is 0.339. The van der Waals surface area contributed by atoms with E-state index in [-0.39, 0.29) is 5.82 Å². The van der Waals surface area contributed by atoms with E-state index in [1.165, 1.54) is 38.8 Å². The zero-order chi connectivity index (χ0) is 22.3. The van der Waals surface area contributed by atoms with Gasteiger partial charge in [-0.2, -0.15) is 8.99 Å². The largest absolute Gasteiger partial charge is 0.352 e. The van der Waals surface area contributed by atoms with Crippen LogP contribution < -0.4 is 4.90 Å². The van der Waals surface area contributed by atoms with Crippen molar-refractivity contribution >= 4 is 38.3 Å². The monoisotopic (exact) mass is 473 g/mol. The Morgan fingerprint density at radius 3 is 2.62 bits per heavy atom. The van der Waals surface area contributed by atoms with E-state index in [0.717, 1.165) is 11.3 Å². The van der Waals surface area contributed by atoms with Gasteiger partial charge in [-0.25, -0.2) is 22.8 Å². The van der Waals surface area contributed by atoms with E-state index in [9.17, 15) is 12.8 Å². The maximum absolute atomic E-state index is 13.7. The molecule has 3 aromatic heterocycles. The maximum atomic E-state index is 13.7. The van der Waals surface area contributed by atoms with Gasteiger partial charge in [0, 0.05) is 31.1 Å². The number of aromatic nitrogens is 5. The Labute approximate surface area is 188 Å². The Kier molecular flexibility index (Phi) is 5.35. The van der Waals surface area contributed by atoms with Crippen LogP contribution in [-0.2, 0) is 16.4 Å². The Hall–Kier alpha value is -2.96. The van der Waals surface area contributed by atoms with Crippen LogP contribution in [-0.4, -0.2) is 63.9 Å². The number of hydrogen-bond donors (Lipinski definition) is 0. The van der Waals surface area contributed by atoms with E-state index in [4.69, 9.17) is 0 Å². The Morgan fingerprint density at radius 2 is 1.91 bits per heavy atom. The van der Waals surface area contributed by atoms with Crippen molar-refractivity contribution in [3.63, 3.8) is 0 Å². The highest BCUT2D eigenvalue weighted by atomic mass is 32.2. The molecule has 5 rings (SSSR count). The Morgan fingerprint density at radius 1 is 1.09 bits per heavy atom. The van der Waals surface area contributed by atoms with Crippen molar-refractivity contribution in [3.05, 3.63) is 53.4 Å². The quantitative estimate of drug-likeness (QED) is 0.439. The lowest BCUT2D eigenvalue weighted by molar-refractivity contribution is 0.385. The van der Waals surface area contributed by atoms with Gasteiger partial charge in [-0.05, 0) is 36.8 Å². The summed E-state index contributed by atoms with van der Waals surface area (Å²) in [5, 5.41) is 8.35. The molecule has 1 aromatic carbocycles. The summed E-state index contributed by atoms with van der Waals surface area (Å²) in [6.07, 6.45) is 2.23. The van der Waals surface area contributed by atoms with E-state index in [1.807, 2.05) is 17.9 Å². The van der Waals surface area contributed by atoms with Crippen LogP contribution in [0, 0.1) is 5.82 Å². The Bertz CT molecular complexity index is 1380. The maximum Gasteiger partial charge on any atom is 0.252 e. The third kappa shape index (κ3) is 3.63. The van der Waals surface area contributed by atoms with Crippen LogP contribution >= 0.6 is 11.3 Å². The molecule has 166 valence electrons. The van der Waals surface area contributed by atoms with E-state index < -0.39 is 10.0 Å². The number of piperazine rings is 1. The van der Waals surface area contributed by atoms with Gasteiger partial charge in [-0.15, -0.1) is 16.4 Å². The van der Waals surface area contributed by atoms with Crippen molar-refractivity contribution in [2.75, 3.05) is 31.1 Å². The summed E-state index contributed by atoms with van der Waals surface area (Å²) in [4.78, 5) is 11.7. The molecule has 12 heteroatoms. The van der Waals surface area contributed by atoms with Gasteiger partial charge in [0.2, 0.25) is 0 Å². The first-order chi connectivity index (χ1) is 15.5. The van der Waals surface area contributed by atoms with E-state index in [1.54, 1.807) is 18.2 Å². The van der Waals surface area contributed by atoms with E-state index in [0.29, 0.717) is 53.1 Å². The molecule has 0 unspecified atom stereocenters. The van der Waals surface area contributed by atoms with Gasteiger partial charge < -0.3 is 4.90 Å². The van der Waals surface area contributed by atoms with Crippen molar-refractivity contribution in [1.29, 1.82) is 0 Å². The lowest BCUT2D eigenvalue weighted by Gasteiger charge is -2.34. The molecule has 0 radical (unpaired) electrons. The molecule has 0 N–H and O–H groups in total. The highest BCUT2D eigenvalue weighted by molar-refractivity contribution is 7.91. The SMILES string of the molecule is CCc1ccc(S(=O)(=O)N2CCN(c3ncnc4c3nnn4-c3cccc(F)c3)CC2)s1. The lowest BCUT2D eigenvalue weighted by Crippen LogP contribution is -2.48. The van der Waals surface area contributed by atoms with Crippen LogP contribution in [0.15, 0.2) is 46.9 Å². The van der Waals surface area contributed by atoms with Crippen LogP contribution in [0.3, 0.4) is 0 Å². The zero-order valence-electron chi connectivity index (χ0n) is 17.2. The fraction of sp³-hybridized carbons (Fsp3) is 0.300. The molecule has 1 aliphatic heterocycles. The first kappa shape index (κ1) is 20.9. The highest BCUT2D eigenvalue weighted by Gasteiger charge is 2.31. The number of hydrogen-bond acceptors (Lipinski definition) is 8. The molecule has 4 aromatic rings. The van der Waals surface area contributed by atoms with Crippen molar-refractivity contribution in [2.45, 2.75) is 17.6 Å². The Balaban J connectivity index is 1.38. The molecule has 1 saturated heterocycles. The highest BCUT2D eigenvalue weighted by Crippen LogP contribution is 2.28. The van der Waals surface area contributed by atoms with Crippen LogP contribution in [0.1, 0.15) is 11.8 Å². The number of benzene rings is 1. The fourth-order valence-electron chi connectivity index (χ4n) is 3.70. The second-order valence-corrected chi connectivity index (χ2v) is 10.6. The smallest absolute Gasteiger partial charge is 0.252 e. The van der Waals surface area contributed by atoms with Gasteiger partial charge in [-0.3, -0.25) is 0 Å². The number of fused-ring (bicyclic) bond motifs is 1. The topological polar surface area (TPSA) is 97.1 Å². The van der Waals surface area contributed by atoms with E-state index in [2.05, 4.69) is 20.3 Å². The summed E-state index contributed by atoms with van der Waals surface area (Å²) < 4.78 is 43.0. The standard InChI is InChI=1S/C20H20FN7O2S2/c1-2-16-6-7-17(31-16)32(29,30)27-10-8-26(9-11-27)19-18-20(23-13-22-19)28(25-24-18)15-5-3-4-14(21)12-15/h3-7,12-13H,2,8-11H2,1H3. The molecule has 32 heavy (non-hydrogen) atoms. The summed E-state index contributed by atoms with van der Waals surface area (Å²) in [6, 6.07) is 9.58. The van der Waals surface area contributed by atoms with Crippen molar-refractivity contribution < 1.29 is 12.8 Å². The summed E-state index contributed by atoms with van der Waals surface area (Å²) in [5.41, 5.74) is 1.45. The minimum atomic E-state index is -3.51. The molecular formula is C20H20FN7O2S2. The van der Waals surface area contributed by atoms with Crippen LogP contribution in [0.2, 0.25) is 0 Å². The molecule has 0 atom stereocenters. The summed E-state index contributed by atoms with van der Waals surface area (Å²) in [5.74, 6) is 0.202. The van der Waals surface area contributed by atoms with Crippen molar-refractivity contribution in [2.24, 2.45) is 0 Å². The average Bonchev–Trinajstić information content (AvgIpc) is 3.47.